The SMILES string of the molecule is Cc1cc(C)c(NC(=O)CNC(=O)/C=C/c2csc(C)n2)c(C)c1. The molecule has 126 valence electrons. The van der Waals surface area contributed by atoms with Gasteiger partial charge >= 0.3 is 0 Å². The van der Waals surface area contributed by atoms with Crippen LogP contribution in [0.3, 0.4) is 0 Å². The van der Waals surface area contributed by atoms with Gasteiger partial charge in [-0.25, -0.2) is 4.98 Å². The minimum Gasteiger partial charge on any atom is -0.343 e. The number of amides is 2. The van der Waals surface area contributed by atoms with Gasteiger partial charge in [-0.2, -0.15) is 0 Å². The van der Waals surface area contributed by atoms with Crippen molar-refractivity contribution in [1.29, 1.82) is 0 Å². The number of aromatic nitrogens is 1. The Morgan fingerprint density at radius 2 is 1.83 bits per heavy atom. The van der Waals surface area contributed by atoms with Gasteiger partial charge in [0.2, 0.25) is 11.8 Å². The molecule has 0 saturated heterocycles. The van der Waals surface area contributed by atoms with Crippen LogP contribution in [0.5, 0.6) is 0 Å². The summed E-state index contributed by atoms with van der Waals surface area (Å²) in [5.74, 6) is -0.579. The second-order valence-electron chi connectivity index (χ2n) is 5.66. The van der Waals surface area contributed by atoms with Crippen molar-refractivity contribution in [2.75, 3.05) is 11.9 Å². The molecule has 1 heterocycles. The molecule has 0 atom stereocenters. The van der Waals surface area contributed by atoms with Crippen molar-refractivity contribution in [2.24, 2.45) is 0 Å². The highest BCUT2D eigenvalue weighted by Crippen LogP contribution is 2.21. The van der Waals surface area contributed by atoms with Crippen molar-refractivity contribution in [3.05, 3.63) is 51.0 Å². The summed E-state index contributed by atoms with van der Waals surface area (Å²) in [4.78, 5) is 28.0. The van der Waals surface area contributed by atoms with Crippen molar-refractivity contribution in [2.45, 2.75) is 27.7 Å². The van der Waals surface area contributed by atoms with Crippen LogP contribution in [-0.4, -0.2) is 23.3 Å². The molecule has 0 spiro atoms. The molecule has 0 saturated carbocycles. The first-order valence-electron chi connectivity index (χ1n) is 7.61. The van der Waals surface area contributed by atoms with Crippen LogP contribution in [-0.2, 0) is 9.59 Å². The Hall–Kier alpha value is -2.47. The lowest BCUT2D eigenvalue weighted by atomic mass is 10.1. The minimum absolute atomic E-state index is 0.0774. The number of thiazole rings is 1. The first-order chi connectivity index (χ1) is 11.3. The number of nitrogens with one attached hydrogen (secondary N) is 2. The van der Waals surface area contributed by atoms with Gasteiger partial charge < -0.3 is 10.6 Å². The van der Waals surface area contributed by atoms with Crippen molar-refractivity contribution in [1.82, 2.24) is 10.3 Å². The smallest absolute Gasteiger partial charge is 0.244 e. The Labute approximate surface area is 145 Å². The molecule has 0 fully saturated rings. The number of carbonyl (C=O) groups is 2. The van der Waals surface area contributed by atoms with E-state index in [0.717, 1.165) is 33.1 Å². The van der Waals surface area contributed by atoms with Gasteiger partial charge in [0.1, 0.15) is 0 Å². The summed E-state index contributed by atoms with van der Waals surface area (Å²) in [6.07, 6.45) is 3.01. The third-order valence-electron chi connectivity index (χ3n) is 3.41. The fourth-order valence-corrected chi connectivity index (χ4v) is 2.99. The largest absolute Gasteiger partial charge is 0.343 e. The van der Waals surface area contributed by atoms with E-state index in [1.165, 1.54) is 17.4 Å². The van der Waals surface area contributed by atoms with E-state index in [-0.39, 0.29) is 18.4 Å². The van der Waals surface area contributed by atoms with Crippen LogP contribution < -0.4 is 10.6 Å². The van der Waals surface area contributed by atoms with E-state index in [0.29, 0.717) is 0 Å². The van der Waals surface area contributed by atoms with Gasteiger partial charge in [0, 0.05) is 17.1 Å². The highest BCUT2D eigenvalue weighted by molar-refractivity contribution is 7.09. The summed E-state index contributed by atoms with van der Waals surface area (Å²) in [7, 11) is 0. The van der Waals surface area contributed by atoms with E-state index in [9.17, 15) is 9.59 Å². The maximum atomic E-state index is 12.0. The van der Waals surface area contributed by atoms with Crippen LogP contribution in [0.15, 0.2) is 23.6 Å². The van der Waals surface area contributed by atoms with Crippen LogP contribution in [0.2, 0.25) is 0 Å². The van der Waals surface area contributed by atoms with E-state index >= 15 is 0 Å². The molecule has 1 aromatic carbocycles. The molecule has 5 nitrogen and oxygen atoms in total. The Morgan fingerprint density at radius 3 is 2.42 bits per heavy atom. The average molecular weight is 343 g/mol. The third kappa shape index (κ3) is 5.03. The van der Waals surface area contributed by atoms with Gasteiger partial charge in [0.05, 0.1) is 17.2 Å². The van der Waals surface area contributed by atoms with Gasteiger partial charge in [-0.3, -0.25) is 9.59 Å². The van der Waals surface area contributed by atoms with Crippen LogP contribution in [0.1, 0.15) is 27.4 Å². The Bertz CT molecular complexity index is 770. The normalized spacial score (nSPS) is 10.8. The lowest BCUT2D eigenvalue weighted by Crippen LogP contribution is -2.32. The molecule has 2 amide bonds. The number of benzene rings is 1. The Kier molecular flexibility index (Phi) is 5.87. The van der Waals surface area contributed by atoms with Crippen LogP contribution in [0, 0.1) is 27.7 Å². The maximum absolute atomic E-state index is 12.0. The summed E-state index contributed by atoms with van der Waals surface area (Å²) in [6, 6.07) is 4.03. The van der Waals surface area contributed by atoms with Gasteiger partial charge in [0.15, 0.2) is 0 Å². The van der Waals surface area contributed by atoms with Crippen molar-refractivity contribution in [3.63, 3.8) is 0 Å². The van der Waals surface area contributed by atoms with Gasteiger partial charge in [-0.15, -0.1) is 11.3 Å². The number of aryl methyl sites for hydroxylation is 4. The molecular formula is C18H21N3O2S. The van der Waals surface area contributed by atoms with Crippen molar-refractivity contribution < 1.29 is 9.59 Å². The second kappa shape index (κ2) is 7.88. The molecule has 2 aromatic rings. The average Bonchev–Trinajstić information content (AvgIpc) is 2.92. The fourth-order valence-electron chi connectivity index (χ4n) is 2.40. The zero-order valence-corrected chi connectivity index (χ0v) is 15.1. The third-order valence-corrected chi connectivity index (χ3v) is 4.20. The van der Waals surface area contributed by atoms with Crippen LogP contribution >= 0.6 is 11.3 Å². The zero-order chi connectivity index (χ0) is 17.7. The predicted octanol–water partition coefficient (Wildman–Crippen LogP) is 3.14. The zero-order valence-electron chi connectivity index (χ0n) is 14.3. The summed E-state index contributed by atoms with van der Waals surface area (Å²) in [6.45, 7) is 7.75. The van der Waals surface area contributed by atoms with Crippen LogP contribution in [0.25, 0.3) is 6.08 Å². The molecule has 6 heteroatoms. The number of hydrogen-bond donors (Lipinski definition) is 2. The topological polar surface area (TPSA) is 71.1 Å². The molecular weight excluding hydrogens is 322 g/mol. The molecule has 2 N–H and O–H groups in total. The van der Waals surface area contributed by atoms with Crippen LogP contribution in [0.4, 0.5) is 5.69 Å². The van der Waals surface area contributed by atoms with Gasteiger partial charge in [0.25, 0.3) is 0 Å². The molecule has 0 unspecified atom stereocenters. The molecule has 2 rings (SSSR count). The van der Waals surface area contributed by atoms with Crippen molar-refractivity contribution >= 4 is 34.9 Å². The highest BCUT2D eigenvalue weighted by Gasteiger charge is 2.09. The summed E-state index contributed by atoms with van der Waals surface area (Å²) in [5.41, 5.74) is 4.70. The molecule has 0 bridgehead atoms. The van der Waals surface area contributed by atoms with E-state index in [4.69, 9.17) is 0 Å². The minimum atomic E-state index is -0.326. The molecule has 0 aliphatic heterocycles. The standard InChI is InChI=1S/C18H21N3O2S/c1-11-7-12(2)18(13(3)8-11)21-17(23)9-19-16(22)6-5-15-10-24-14(4)20-15/h5-8,10H,9H2,1-4H3,(H,19,22)(H,21,23)/b6-5+. The molecule has 0 aliphatic carbocycles. The van der Waals surface area contributed by atoms with E-state index in [2.05, 4.69) is 15.6 Å². The van der Waals surface area contributed by atoms with Gasteiger partial charge in [-0.05, 0) is 44.9 Å². The summed E-state index contributed by atoms with van der Waals surface area (Å²) < 4.78 is 0. The van der Waals surface area contributed by atoms with Gasteiger partial charge in [-0.1, -0.05) is 17.7 Å². The number of nitrogens with zero attached hydrogens (tertiary/aromatic N) is 1. The Morgan fingerprint density at radius 1 is 1.17 bits per heavy atom. The molecule has 1 aromatic heterocycles. The highest BCUT2D eigenvalue weighted by atomic mass is 32.1. The lowest BCUT2D eigenvalue weighted by molar-refractivity contribution is -0.121. The fraction of sp³-hybridized carbons (Fsp3) is 0.278. The first kappa shape index (κ1) is 17.9. The molecule has 24 heavy (non-hydrogen) atoms. The van der Waals surface area contributed by atoms with E-state index in [1.54, 1.807) is 6.08 Å². The quantitative estimate of drug-likeness (QED) is 0.819. The van der Waals surface area contributed by atoms with E-state index in [1.807, 2.05) is 45.2 Å². The number of anilines is 1. The molecule has 0 aliphatic rings. The number of hydrogen-bond acceptors (Lipinski definition) is 4. The Balaban J connectivity index is 1.87. The number of rotatable bonds is 5. The first-order valence-corrected chi connectivity index (χ1v) is 8.49. The van der Waals surface area contributed by atoms with E-state index < -0.39 is 0 Å². The second-order valence-corrected chi connectivity index (χ2v) is 6.73. The molecule has 0 radical (unpaired) electrons. The van der Waals surface area contributed by atoms with Crippen molar-refractivity contribution in [3.8, 4) is 0 Å². The summed E-state index contributed by atoms with van der Waals surface area (Å²) in [5, 5.41) is 8.23. The maximum Gasteiger partial charge on any atom is 0.244 e. The predicted molar refractivity (Wildman–Crippen MR) is 98.2 cm³/mol. The lowest BCUT2D eigenvalue weighted by Gasteiger charge is -2.12. The summed E-state index contributed by atoms with van der Waals surface area (Å²) >= 11 is 1.52. The monoisotopic (exact) mass is 343 g/mol. The number of carbonyl (C=O) groups excluding carboxylic acids is 2.